The Morgan fingerprint density at radius 1 is 1.32 bits per heavy atom. The highest BCUT2D eigenvalue weighted by Gasteiger charge is 2.47. The van der Waals surface area contributed by atoms with Crippen LogP contribution in [0.4, 0.5) is 4.79 Å². The number of ether oxygens (including phenoxy) is 1. The van der Waals surface area contributed by atoms with E-state index in [1.165, 1.54) is 6.20 Å². The van der Waals surface area contributed by atoms with Crippen molar-refractivity contribution in [2.45, 2.75) is 57.2 Å². The summed E-state index contributed by atoms with van der Waals surface area (Å²) in [5.41, 5.74) is 0.174. The molecule has 1 saturated carbocycles. The molecular formula is C21H26N4O3. The Morgan fingerprint density at radius 3 is 2.46 bits per heavy atom. The number of aromatic nitrogens is 1. The van der Waals surface area contributed by atoms with Crippen molar-refractivity contribution in [2.24, 2.45) is 0 Å². The largest absolute Gasteiger partial charge is 0.444 e. The van der Waals surface area contributed by atoms with Gasteiger partial charge in [0.05, 0.1) is 6.07 Å². The molecule has 0 aliphatic heterocycles. The van der Waals surface area contributed by atoms with Crippen LogP contribution in [-0.4, -0.2) is 28.1 Å². The van der Waals surface area contributed by atoms with Crippen molar-refractivity contribution in [3.63, 3.8) is 0 Å². The van der Waals surface area contributed by atoms with E-state index in [2.05, 4.69) is 34.8 Å². The van der Waals surface area contributed by atoms with Gasteiger partial charge in [-0.15, -0.1) is 0 Å². The first-order chi connectivity index (χ1) is 13.2. The second-order valence-electron chi connectivity index (χ2n) is 7.74. The van der Waals surface area contributed by atoms with Crippen molar-refractivity contribution in [2.75, 3.05) is 0 Å². The number of pyridine rings is 1. The highest BCUT2D eigenvalue weighted by atomic mass is 16.6. The number of carbonyl (C=O) groups is 2. The van der Waals surface area contributed by atoms with E-state index in [-0.39, 0.29) is 0 Å². The highest BCUT2D eigenvalue weighted by Crippen LogP contribution is 2.33. The molecule has 2 amide bonds. The molecule has 7 nitrogen and oxygen atoms in total. The molecule has 28 heavy (non-hydrogen) atoms. The van der Waals surface area contributed by atoms with E-state index in [4.69, 9.17) is 4.74 Å². The minimum absolute atomic E-state index is 0.421. The number of hydrogen-bond donors (Lipinski definition) is 2. The lowest BCUT2D eigenvalue weighted by Crippen LogP contribution is -2.63. The molecule has 1 fully saturated rings. The predicted octanol–water partition coefficient (Wildman–Crippen LogP) is 3.50. The summed E-state index contributed by atoms with van der Waals surface area (Å²) in [6.45, 7) is 12.8. The molecule has 0 radical (unpaired) electrons. The van der Waals surface area contributed by atoms with Gasteiger partial charge in [0.1, 0.15) is 17.2 Å². The molecule has 1 aliphatic carbocycles. The van der Waals surface area contributed by atoms with Crippen molar-refractivity contribution in [3.05, 3.63) is 42.2 Å². The van der Waals surface area contributed by atoms with Crippen LogP contribution in [0, 0.1) is 11.3 Å². The number of nitrogens with one attached hydrogen (secondary N) is 2. The van der Waals surface area contributed by atoms with Crippen molar-refractivity contribution in [1.29, 1.82) is 5.26 Å². The molecular weight excluding hydrogens is 356 g/mol. The van der Waals surface area contributed by atoms with E-state index < -0.39 is 29.2 Å². The average Bonchev–Trinajstić information content (AvgIpc) is 2.60. The minimum Gasteiger partial charge on any atom is -0.444 e. The number of nitrogens with zero attached hydrogens (tertiary/aromatic N) is 2. The standard InChI is InChI=1S/C21H26N4O3/c1-6-14-12-23-13-16(15(14)7-2)17(11-22)24-18(26)21(9-8-10-21)25-19(27)28-20(3,4)5/h6-7,12-13,17H,1-2,8-10H2,3-5H3,(H,24,26)(H,25,27). The molecule has 1 aromatic rings. The summed E-state index contributed by atoms with van der Waals surface area (Å²) in [4.78, 5) is 29.2. The zero-order valence-electron chi connectivity index (χ0n) is 16.5. The van der Waals surface area contributed by atoms with Crippen LogP contribution in [0.1, 0.15) is 62.8 Å². The number of hydrogen-bond acceptors (Lipinski definition) is 5. The molecule has 0 bridgehead atoms. The molecule has 2 N–H and O–H groups in total. The minimum atomic E-state index is -1.07. The van der Waals surface area contributed by atoms with Crippen molar-refractivity contribution >= 4 is 24.2 Å². The van der Waals surface area contributed by atoms with Crippen molar-refractivity contribution in [1.82, 2.24) is 15.6 Å². The van der Waals surface area contributed by atoms with Crippen molar-refractivity contribution < 1.29 is 14.3 Å². The van der Waals surface area contributed by atoms with Crippen LogP contribution < -0.4 is 10.6 Å². The monoisotopic (exact) mass is 382 g/mol. The SMILES string of the molecule is C=Cc1cncc(C(C#N)NC(=O)C2(NC(=O)OC(C)(C)C)CCC2)c1C=C. The summed E-state index contributed by atoms with van der Waals surface area (Å²) in [6, 6.07) is 1.15. The first kappa shape index (κ1) is 21.2. The van der Waals surface area contributed by atoms with E-state index in [1.54, 1.807) is 39.1 Å². The molecule has 0 aromatic carbocycles. The van der Waals surface area contributed by atoms with Crippen LogP contribution >= 0.6 is 0 Å². The fourth-order valence-electron chi connectivity index (χ4n) is 3.02. The first-order valence-electron chi connectivity index (χ1n) is 9.10. The third-order valence-corrected chi connectivity index (χ3v) is 4.57. The quantitative estimate of drug-likeness (QED) is 0.784. The van der Waals surface area contributed by atoms with E-state index >= 15 is 0 Å². The van der Waals surface area contributed by atoms with E-state index in [0.29, 0.717) is 29.5 Å². The molecule has 0 saturated heterocycles. The van der Waals surface area contributed by atoms with Crippen LogP contribution in [0.5, 0.6) is 0 Å². The van der Waals surface area contributed by atoms with Crippen LogP contribution in [0.15, 0.2) is 25.6 Å². The Kier molecular flexibility index (Phi) is 6.24. The lowest BCUT2D eigenvalue weighted by Gasteiger charge is -2.41. The Labute approximate surface area is 165 Å². The maximum atomic E-state index is 12.9. The number of amides is 2. The second kappa shape index (κ2) is 8.26. The third-order valence-electron chi connectivity index (χ3n) is 4.57. The smallest absolute Gasteiger partial charge is 0.408 e. The fraction of sp³-hybridized carbons (Fsp3) is 0.429. The number of alkyl carbamates (subject to hydrolysis) is 1. The van der Waals surface area contributed by atoms with Crippen molar-refractivity contribution in [3.8, 4) is 6.07 Å². The van der Waals surface area contributed by atoms with Gasteiger partial charge in [0.2, 0.25) is 5.91 Å². The van der Waals surface area contributed by atoms with Gasteiger partial charge in [0.15, 0.2) is 0 Å². The Bertz CT molecular complexity index is 829. The molecule has 2 rings (SSSR count). The van der Waals surface area contributed by atoms with E-state index in [1.807, 2.05) is 0 Å². The van der Waals surface area contributed by atoms with Crippen LogP contribution in [0.3, 0.4) is 0 Å². The van der Waals surface area contributed by atoms with Gasteiger partial charge < -0.3 is 15.4 Å². The van der Waals surface area contributed by atoms with Gasteiger partial charge in [0.25, 0.3) is 0 Å². The Balaban J connectivity index is 2.22. The van der Waals surface area contributed by atoms with Crippen LogP contribution in [-0.2, 0) is 9.53 Å². The summed E-state index contributed by atoms with van der Waals surface area (Å²) < 4.78 is 5.27. The highest BCUT2D eigenvalue weighted by molar-refractivity contribution is 5.91. The topological polar surface area (TPSA) is 104 Å². The van der Waals surface area contributed by atoms with Gasteiger partial charge in [-0.3, -0.25) is 9.78 Å². The predicted molar refractivity (Wildman–Crippen MR) is 107 cm³/mol. The zero-order chi connectivity index (χ0) is 20.9. The fourth-order valence-corrected chi connectivity index (χ4v) is 3.02. The van der Waals surface area contributed by atoms with Crippen LogP contribution in [0.2, 0.25) is 0 Å². The maximum absolute atomic E-state index is 12.9. The number of nitriles is 1. The van der Waals surface area contributed by atoms with Gasteiger partial charge in [-0.25, -0.2) is 4.79 Å². The number of rotatable bonds is 6. The molecule has 1 aromatic heterocycles. The lowest BCUT2D eigenvalue weighted by molar-refractivity contribution is -0.131. The van der Waals surface area contributed by atoms with Crippen LogP contribution in [0.25, 0.3) is 12.2 Å². The molecule has 1 aliphatic rings. The lowest BCUT2D eigenvalue weighted by atomic mass is 9.75. The average molecular weight is 382 g/mol. The van der Waals surface area contributed by atoms with Gasteiger partial charge >= 0.3 is 6.09 Å². The summed E-state index contributed by atoms with van der Waals surface area (Å²) in [7, 11) is 0. The molecule has 1 atom stereocenters. The summed E-state index contributed by atoms with van der Waals surface area (Å²) in [5.74, 6) is -0.421. The Hall–Kier alpha value is -3.14. The van der Waals surface area contributed by atoms with Gasteiger partial charge in [-0.1, -0.05) is 25.3 Å². The van der Waals surface area contributed by atoms with Gasteiger partial charge in [-0.2, -0.15) is 5.26 Å². The Morgan fingerprint density at radius 2 is 2.00 bits per heavy atom. The molecule has 7 heteroatoms. The molecule has 0 spiro atoms. The van der Waals surface area contributed by atoms with Gasteiger partial charge in [-0.05, 0) is 51.2 Å². The first-order valence-corrected chi connectivity index (χ1v) is 9.10. The molecule has 148 valence electrons. The van der Waals surface area contributed by atoms with E-state index in [9.17, 15) is 14.9 Å². The molecule has 1 heterocycles. The summed E-state index contributed by atoms with van der Waals surface area (Å²) in [5, 5.41) is 15.0. The number of carbonyl (C=O) groups excluding carboxylic acids is 2. The second-order valence-corrected chi connectivity index (χ2v) is 7.74. The summed E-state index contributed by atoms with van der Waals surface area (Å²) >= 11 is 0. The van der Waals surface area contributed by atoms with E-state index in [0.717, 1.165) is 6.42 Å². The zero-order valence-corrected chi connectivity index (χ0v) is 16.5. The normalized spacial score (nSPS) is 15.9. The maximum Gasteiger partial charge on any atom is 0.408 e. The molecule has 1 unspecified atom stereocenters. The van der Waals surface area contributed by atoms with Gasteiger partial charge in [0, 0.05) is 18.0 Å². The summed E-state index contributed by atoms with van der Waals surface area (Å²) in [6.07, 6.45) is 7.45. The third kappa shape index (κ3) is 4.58.